The lowest BCUT2D eigenvalue weighted by molar-refractivity contribution is -0.116. The van der Waals surface area contributed by atoms with Gasteiger partial charge in [0.1, 0.15) is 0 Å². The number of carbonyl (C=O) groups excluding carboxylic acids is 2. The monoisotopic (exact) mass is 263 g/mol. The van der Waals surface area contributed by atoms with Gasteiger partial charge in [0.2, 0.25) is 5.91 Å². The van der Waals surface area contributed by atoms with Crippen LogP contribution in [0.25, 0.3) is 0 Å². The molecule has 19 heavy (non-hydrogen) atoms. The molecule has 5 nitrogen and oxygen atoms in total. The molecule has 0 aromatic heterocycles. The van der Waals surface area contributed by atoms with Crippen LogP contribution in [0.1, 0.15) is 29.3 Å². The minimum absolute atomic E-state index is 0.0387. The normalized spacial score (nSPS) is 10.1. The molecule has 3 N–H and O–H groups in total. The van der Waals surface area contributed by atoms with Gasteiger partial charge in [0.25, 0.3) is 5.91 Å². The lowest BCUT2D eigenvalue weighted by atomic mass is 10.1. The molecule has 0 aliphatic rings. The highest BCUT2D eigenvalue weighted by Crippen LogP contribution is 2.16. The van der Waals surface area contributed by atoms with E-state index < -0.39 is 0 Å². The SMILES string of the molecule is CCNC(=O)c1ccc(NC(=O)CCNC)c(C)c1. The number of hydrogen-bond donors (Lipinski definition) is 3. The average molecular weight is 263 g/mol. The maximum atomic E-state index is 11.7. The Morgan fingerprint density at radius 1 is 1.26 bits per heavy atom. The molecule has 1 aromatic rings. The van der Waals surface area contributed by atoms with Gasteiger partial charge in [0.05, 0.1) is 0 Å². The van der Waals surface area contributed by atoms with Crippen molar-refractivity contribution in [3.8, 4) is 0 Å². The number of nitrogens with one attached hydrogen (secondary N) is 3. The van der Waals surface area contributed by atoms with E-state index in [1.807, 2.05) is 13.8 Å². The summed E-state index contributed by atoms with van der Waals surface area (Å²) in [6.45, 7) is 4.99. The number of rotatable bonds is 6. The number of benzene rings is 1. The van der Waals surface area contributed by atoms with Crippen LogP contribution in [0.4, 0.5) is 5.69 Å². The van der Waals surface area contributed by atoms with Crippen LogP contribution in [-0.4, -0.2) is 32.0 Å². The molecular formula is C14H21N3O2. The third kappa shape index (κ3) is 4.71. The summed E-state index contributed by atoms with van der Waals surface area (Å²) >= 11 is 0. The summed E-state index contributed by atoms with van der Waals surface area (Å²) in [7, 11) is 1.81. The van der Waals surface area contributed by atoms with Crippen LogP contribution in [0.3, 0.4) is 0 Å². The van der Waals surface area contributed by atoms with Gasteiger partial charge >= 0.3 is 0 Å². The fraction of sp³-hybridized carbons (Fsp3) is 0.429. The largest absolute Gasteiger partial charge is 0.352 e. The molecule has 0 heterocycles. The molecule has 0 bridgehead atoms. The first-order valence-corrected chi connectivity index (χ1v) is 6.41. The fourth-order valence-corrected chi connectivity index (χ4v) is 1.66. The van der Waals surface area contributed by atoms with Crippen molar-refractivity contribution in [1.29, 1.82) is 0 Å². The van der Waals surface area contributed by atoms with E-state index in [-0.39, 0.29) is 11.8 Å². The average Bonchev–Trinajstić information content (AvgIpc) is 2.39. The Kier molecular flexibility index (Phi) is 6.02. The minimum Gasteiger partial charge on any atom is -0.352 e. The first-order valence-electron chi connectivity index (χ1n) is 6.41. The molecular weight excluding hydrogens is 242 g/mol. The topological polar surface area (TPSA) is 70.2 Å². The van der Waals surface area contributed by atoms with Crippen LogP contribution in [-0.2, 0) is 4.79 Å². The van der Waals surface area contributed by atoms with E-state index in [1.54, 1.807) is 25.2 Å². The van der Waals surface area contributed by atoms with Gasteiger partial charge in [-0.2, -0.15) is 0 Å². The number of anilines is 1. The summed E-state index contributed by atoms with van der Waals surface area (Å²) < 4.78 is 0. The van der Waals surface area contributed by atoms with Crippen molar-refractivity contribution in [2.75, 3.05) is 25.5 Å². The summed E-state index contributed by atoms with van der Waals surface area (Å²) in [5.74, 6) is -0.137. The minimum atomic E-state index is -0.0985. The molecule has 0 atom stereocenters. The van der Waals surface area contributed by atoms with E-state index in [0.29, 0.717) is 25.1 Å². The number of hydrogen-bond acceptors (Lipinski definition) is 3. The van der Waals surface area contributed by atoms with Gasteiger partial charge in [-0.15, -0.1) is 0 Å². The van der Waals surface area contributed by atoms with Crippen molar-refractivity contribution in [1.82, 2.24) is 10.6 Å². The second kappa shape index (κ2) is 7.53. The van der Waals surface area contributed by atoms with Crippen LogP contribution in [0.5, 0.6) is 0 Å². The Labute approximate surface area is 113 Å². The first kappa shape index (κ1) is 15.2. The van der Waals surface area contributed by atoms with Crippen LogP contribution < -0.4 is 16.0 Å². The summed E-state index contributed by atoms with van der Waals surface area (Å²) in [6, 6.07) is 5.25. The van der Waals surface area contributed by atoms with Crippen LogP contribution in [0, 0.1) is 6.92 Å². The smallest absolute Gasteiger partial charge is 0.251 e. The molecule has 5 heteroatoms. The lowest BCUT2D eigenvalue weighted by Crippen LogP contribution is -2.23. The quantitative estimate of drug-likeness (QED) is 0.724. The second-order valence-corrected chi connectivity index (χ2v) is 4.29. The molecule has 0 aliphatic carbocycles. The van der Waals surface area contributed by atoms with E-state index >= 15 is 0 Å². The maximum Gasteiger partial charge on any atom is 0.251 e. The second-order valence-electron chi connectivity index (χ2n) is 4.29. The summed E-state index contributed by atoms with van der Waals surface area (Å²) in [5, 5.41) is 8.50. The molecule has 0 radical (unpaired) electrons. The van der Waals surface area contributed by atoms with Crippen LogP contribution >= 0.6 is 0 Å². The summed E-state index contributed by atoms with van der Waals surface area (Å²) in [4.78, 5) is 23.3. The van der Waals surface area contributed by atoms with Crippen molar-refractivity contribution >= 4 is 17.5 Å². The number of carbonyl (C=O) groups is 2. The van der Waals surface area contributed by atoms with E-state index in [0.717, 1.165) is 11.3 Å². The maximum absolute atomic E-state index is 11.7. The van der Waals surface area contributed by atoms with Crippen LogP contribution in [0.15, 0.2) is 18.2 Å². The lowest BCUT2D eigenvalue weighted by Gasteiger charge is -2.10. The summed E-state index contributed by atoms with van der Waals surface area (Å²) in [5.41, 5.74) is 2.23. The van der Waals surface area contributed by atoms with Gasteiger partial charge in [-0.3, -0.25) is 9.59 Å². The van der Waals surface area contributed by atoms with Gasteiger partial charge in [-0.1, -0.05) is 0 Å². The highest BCUT2D eigenvalue weighted by molar-refractivity contribution is 5.96. The molecule has 0 saturated heterocycles. The zero-order chi connectivity index (χ0) is 14.3. The molecule has 0 saturated carbocycles. The zero-order valence-corrected chi connectivity index (χ0v) is 11.7. The Morgan fingerprint density at radius 2 is 2.00 bits per heavy atom. The molecule has 0 aliphatic heterocycles. The molecule has 0 spiro atoms. The molecule has 1 aromatic carbocycles. The Bertz CT molecular complexity index is 458. The third-order valence-electron chi connectivity index (χ3n) is 2.70. The standard InChI is InChI=1S/C14H21N3O2/c1-4-16-14(19)11-5-6-12(10(2)9-11)17-13(18)7-8-15-3/h5-6,9,15H,4,7-8H2,1-3H3,(H,16,19)(H,17,18). The van der Waals surface area contributed by atoms with E-state index in [1.165, 1.54) is 0 Å². The first-order chi connectivity index (χ1) is 9.08. The van der Waals surface area contributed by atoms with Gasteiger partial charge in [-0.05, 0) is 44.7 Å². The zero-order valence-electron chi connectivity index (χ0n) is 11.7. The van der Waals surface area contributed by atoms with Crippen molar-refractivity contribution in [2.24, 2.45) is 0 Å². The highest BCUT2D eigenvalue weighted by atomic mass is 16.2. The molecule has 104 valence electrons. The Balaban J connectivity index is 2.72. The third-order valence-corrected chi connectivity index (χ3v) is 2.70. The number of aryl methyl sites for hydroxylation is 1. The number of amides is 2. The molecule has 2 amide bonds. The van der Waals surface area contributed by atoms with Crippen LogP contribution in [0.2, 0.25) is 0 Å². The molecule has 0 fully saturated rings. The van der Waals surface area contributed by atoms with E-state index in [9.17, 15) is 9.59 Å². The van der Waals surface area contributed by atoms with E-state index in [4.69, 9.17) is 0 Å². The van der Waals surface area contributed by atoms with E-state index in [2.05, 4.69) is 16.0 Å². The van der Waals surface area contributed by atoms with Gasteiger partial charge in [-0.25, -0.2) is 0 Å². The van der Waals surface area contributed by atoms with Gasteiger partial charge < -0.3 is 16.0 Å². The van der Waals surface area contributed by atoms with Crippen molar-refractivity contribution in [2.45, 2.75) is 20.3 Å². The fourth-order valence-electron chi connectivity index (χ4n) is 1.66. The Morgan fingerprint density at radius 3 is 2.58 bits per heavy atom. The van der Waals surface area contributed by atoms with Gasteiger partial charge in [0.15, 0.2) is 0 Å². The molecule has 0 unspecified atom stereocenters. The summed E-state index contributed by atoms with van der Waals surface area (Å²) in [6.07, 6.45) is 0.425. The predicted octanol–water partition coefficient (Wildman–Crippen LogP) is 1.29. The molecule has 1 rings (SSSR count). The Hall–Kier alpha value is -1.88. The predicted molar refractivity (Wildman–Crippen MR) is 76.4 cm³/mol. The van der Waals surface area contributed by atoms with Crippen molar-refractivity contribution in [3.05, 3.63) is 29.3 Å². The van der Waals surface area contributed by atoms with Gasteiger partial charge in [0, 0.05) is 30.8 Å². The van der Waals surface area contributed by atoms with Crippen molar-refractivity contribution in [3.63, 3.8) is 0 Å². The van der Waals surface area contributed by atoms with Crippen molar-refractivity contribution < 1.29 is 9.59 Å². The highest BCUT2D eigenvalue weighted by Gasteiger charge is 2.08.